The first-order valence-corrected chi connectivity index (χ1v) is 7.14. The van der Waals surface area contributed by atoms with Crippen LogP contribution in [0, 0.1) is 6.92 Å². The molecule has 1 aliphatic carbocycles. The summed E-state index contributed by atoms with van der Waals surface area (Å²) in [5, 5.41) is 19.8. The second-order valence-electron chi connectivity index (χ2n) is 5.65. The van der Waals surface area contributed by atoms with Gasteiger partial charge < -0.3 is 15.1 Å². The Morgan fingerprint density at radius 3 is 2.50 bits per heavy atom. The van der Waals surface area contributed by atoms with E-state index in [0.29, 0.717) is 6.04 Å². The van der Waals surface area contributed by atoms with Crippen LogP contribution in [0.15, 0.2) is 40.9 Å². The molecule has 0 spiro atoms. The Kier molecular flexibility index (Phi) is 3.38. The summed E-state index contributed by atoms with van der Waals surface area (Å²) in [4.78, 5) is 6.27. The van der Waals surface area contributed by atoms with Crippen molar-refractivity contribution in [3.63, 3.8) is 0 Å². The minimum absolute atomic E-state index is 0.0261. The first-order chi connectivity index (χ1) is 9.65. The molecule has 3 rings (SSSR count). The lowest BCUT2D eigenvalue weighted by atomic mass is 9.90. The van der Waals surface area contributed by atoms with E-state index in [0.717, 1.165) is 19.3 Å². The maximum absolute atomic E-state index is 10.1. The molecule has 4 nitrogen and oxygen atoms in total. The minimum atomic E-state index is -0.128. The van der Waals surface area contributed by atoms with Gasteiger partial charge in [-0.2, -0.15) is 0 Å². The van der Waals surface area contributed by atoms with Crippen LogP contribution < -0.4 is 0 Å². The van der Waals surface area contributed by atoms with Gasteiger partial charge in [0.25, 0.3) is 0 Å². The number of hydrogen-bond donors (Lipinski definition) is 2. The van der Waals surface area contributed by atoms with Crippen LogP contribution >= 0.6 is 0 Å². The molecule has 4 heteroatoms. The molecule has 20 heavy (non-hydrogen) atoms. The molecule has 1 unspecified atom stereocenters. The molecule has 0 bridgehead atoms. The molecule has 106 valence electrons. The van der Waals surface area contributed by atoms with E-state index in [1.165, 1.54) is 23.8 Å². The lowest BCUT2D eigenvalue weighted by molar-refractivity contribution is 0.0519. The van der Waals surface area contributed by atoms with Gasteiger partial charge in [0.05, 0.1) is 6.21 Å². The predicted molar refractivity (Wildman–Crippen MR) is 78.9 cm³/mol. The first-order valence-electron chi connectivity index (χ1n) is 7.14. The van der Waals surface area contributed by atoms with Gasteiger partial charge in [0, 0.05) is 12.5 Å². The SMILES string of the molecule is Cc1ccc(CC2N=CC(O)=C(O)N2C2CCC2)cc1. The van der Waals surface area contributed by atoms with E-state index < -0.39 is 0 Å². The van der Waals surface area contributed by atoms with E-state index in [1.807, 2.05) is 4.90 Å². The molecule has 2 N–H and O–H groups in total. The van der Waals surface area contributed by atoms with Crippen molar-refractivity contribution in [2.45, 2.75) is 44.8 Å². The van der Waals surface area contributed by atoms with E-state index in [4.69, 9.17) is 0 Å². The Bertz CT molecular complexity index is 544. The summed E-state index contributed by atoms with van der Waals surface area (Å²) < 4.78 is 0. The van der Waals surface area contributed by atoms with Gasteiger partial charge in [-0.05, 0) is 31.7 Å². The quantitative estimate of drug-likeness (QED) is 0.889. The summed E-state index contributed by atoms with van der Waals surface area (Å²) in [5.74, 6) is -0.154. The fourth-order valence-electron chi connectivity index (χ4n) is 2.73. The first kappa shape index (κ1) is 13.0. The molecule has 1 aliphatic heterocycles. The molecule has 0 aromatic heterocycles. The highest BCUT2D eigenvalue weighted by Crippen LogP contribution is 2.32. The van der Waals surface area contributed by atoms with Crippen molar-refractivity contribution in [1.29, 1.82) is 0 Å². The van der Waals surface area contributed by atoms with Crippen molar-refractivity contribution in [3.05, 3.63) is 47.0 Å². The van der Waals surface area contributed by atoms with E-state index in [1.54, 1.807) is 0 Å². The number of benzene rings is 1. The van der Waals surface area contributed by atoms with Gasteiger partial charge in [0.1, 0.15) is 6.17 Å². The zero-order valence-corrected chi connectivity index (χ0v) is 11.7. The molecule has 1 aromatic rings. The third-order valence-corrected chi connectivity index (χ3v) is 4.17. The third kappa shape index (κ3) is 2.38. The standard InChI is InChI=1S/C16H20N2O2/c1-11-5-7-12(8-6-11)9-15-17-10-14(19)16(20)18(15)13-3-2-4-13/h5-8,10,13,15,19-20H,2-4,9H2,1H3. The van der Waals surface area contributed by atoms with E-state index in [9.17, 15) is 10.2 Å². The lowest BCUT2D eigenvalue weighted by Gasteiger charge is -2.43. The summed E-state index contributed by atoms with van der Waals surface area (Å²) in [6, 6.07) is 8.66. The Morgan fingerprint density at radius 2 is 1.90 bits per heavy atom. The monoisotopic (exact) mass is 272 g/mol. The number of allylic oxidation sites excluding steroid dienone is 1. The van der Waals surface area contributed by atoms with E-state index in [-0.39, 0.29) is 17.8 Å². The molecular weight excluding hydrogens is 252 g/mol. The number of aliphatic imine (C=N–C) groups is 1. The largest absolute Gasteiger partial charge is 0.502 e. The summed E-state index contributed by atoms with van der Waals surface area (Å²) >= 11 is 0. The van der Waals surface area contributed by atoms with Crippen LogP contribution in [0.3, 0.4) is 0 Å². The topological polar surface area (TPSA) is 56.1 Å². The Labute approximate surface area is 119 Å². The number of hydrogen-bond acceptors (Lipinski definition) is 4. The van der Waals surface area contributed by atoms with Crippen LogP contribution in [0.25, 0.3) is 0 Å². The average Bonchev–Trinajstić information content (AvgIpc) is 2.38. The smallest absolute Gasteiger partial charge is 0.234 e. The van der Waals surface area contributed by atoms with Gasteiger partial charge >= 0.3 is 0 Å². The predicted octanol–water partition coefficient (Wildman–Crippen LogP) is 3.09. The van der Waals surface area contributed by atoms with Crippen LogP contribution in [0.5, 0.6) is 0 Å². The van der Waals surface area contributed by atoms with Gasteiger partial charge in [-0.25, -0.2) is 0 Å². The molecule has 0 radical (unpaired) electrons. The number of nitrogens with zero attached hydrogens (tertiary/aromatic N) is 2. The third-order valence-electron chi connectivity index (χ3n) is 4.17. The molecule has 1 aromatic carbocycles. The maximum atomic E-state index is 10.1. The van der Waals surface area contributed by atoms with Crippen molar-refractivity contribution >= 4 is 6.21 Å². The maximum Gasteiger partial charge on any atom is 0.234 e. The molecule has 1 atom stereocenters. The molecule has 0 saturated heterocycles. The van der Waals surface area contributed by atoms with E-state index >= 15 is 0 Å². The summed E-state index contributed by atoms with van der Waals surface area (Å²) in [6.07, 6.45) is 5.26. The van der Waals surface area contributed by atoms with Crippen LogP contribution in [-0.2, 0) is 6.42 Å². The fraction of sp³-hybridized carbons (Fsp3) is 0.438. The Morgan fingerprint density at radius 1 is 1.20 bits per heavy atom. The van der Waals surface area contributed by atoms with Crippen molar-refractivity contribution < 1.29 is 10.2 Å². The highest BCUT2D eigenvalue weighted by atomic mass is 16.3. The van der Waals surface area contributed by atoms with Crippen LogP contribution in [0.1, 0.15) is 30.4 Å². The number of aliphatic hydroxyl groups excluding tert-OH is 2. The number of aliphatic hydroxyl groups is 2. The van der Waals surface area contributed by atoms with Gasteiger partial charge in [-0.3, -0.25) is 4.99 Å². The highest BCUT2D eigenvalue weighted by molar-refractivity contribution is 5.76. The van der Waals surface area contributed by atoms with Crippen LogP contribution in [-0.4, -0.2) is 33.5 Å². The number of rotatable bonds is 3. The average molecular weight is 272 g/mol. The normalized spacial score (nSPS) is 23.1. The lowest BCUT2D eigenvalue weighted by Crippen LogP contribution is -2.48. The molecule has 0 amide bonds. The van der Waals surface area contributed by atoms with Crippen molar-refractivity contribution in [3.8, 4) is 0 Å². The van der Waals surface area contributed by atoms with Gasteiger partial charge in [-0.1, -0.05) is 29.8 Å². The second kappa shape index (κ2) is 5.19. The van der Waals surface area contributed by atoms with Gasteiger partial charge in [-0.15, -0.1) is 0 Å². The van der Waals surface area contributed by atoms with Gasteiger partial charge in [0.2, 0.25) is 5.88 Å². The highest BCUT2D eigenvalue weighted by Gasteiger charge is 2.35. The number of aryl methyl sites for hydroxylation is 1. The van der Waals surface area contributed by atoms with Crippen LogP contribution in [0.2, 0.25) is 0 Å². The summed E-state index contributed by atoms with van der Waals surface area (Å²) in [6.45, 7) is 2.07. The zero-order chi connectivity index (χ0) is 14.1. The Balaban J connectivity index is 1.80. The Hall–Kier alpha value is -1.97. The molecular formula is C16H20N2O2. The van der Waals surface area contributed by atoms with Crippen LogP contribution in [0.4, 0.5) is 0 Å². The van der Waals surface area contributed by atoms with Crippen molar-refractivity contribution in [2.75, 3.05) is 0 Å². The van der Waals surface area contributed by atoms with Crippen molar-refractivity contribution in [1.82, 2.24) is 4.90 Å². The fourth-order valence-corrected chi connectivity index (χ4v) is 2.73. The second-order valence-corrected chi connectivity index (χ2v) is 5.65. The van der Waals surface area contributed by atoms with Gasteiger partial charge in [0.15, 0.2) is 5.76 Å². The van der Waals surface area contributed by atoms with E-state index in [2.05, 4.69) is 36.2 Å². The minimum Gasteiger partial charge on any atom is -0.502 e. The molecule has 1 fully saturated rings. The zero-order valence-electron chi connectivity index (χ0n) is 11.7. The summed E-state index contributed by atoms with van der Waals surface area (Å²) in [7, 11) is 0. The molecule has 1 heterocycles. The van der Waals surface area contributed by atoms with Crippen molar-refractivity contribution in [2.24, 2.45) is 4.99 Å². The molecule has 2 aliphatic rings. The summed E-state index contributed by atoms with van der Waals surface area (Å²) in [5.41, 5.74) is 2.42. The molecule has 1 saturated carbocycles.